The first-order valence-electron chi connectivity index (χ1n) is 6.58. The van der Waals surface area contributed by atoms with Gasteiger partial charge in [-0.1, -0.05) is 6.07 Å². The molecule has 1 aliphatic carbocycles. The van der Waals surface area contributed by atoms with Crippen LogP contribution in [0.25, 0.3) is 0 Å². The second-order valence-electron chi connectivity index (χ2n) is 5.25. The maximum Gasteiger partial charge on any atom is 0.341 e. The molecule has 0 spiro atoms. The van der Waals surface area contributed by atoms with Crippen LogP contribution in [0.15, 0.2) is 18.2 Å². The van der Waals surface area contributed by atoms with E-state index in [1.165, 1.54) is 12.7 Å². The first-order valence-corrected chi connectivity index (χ1v) is 6.58. The molecular weight excluding hydrogens is 244 g/mol. The van der Waals surface area contributed by atoms with E-state index in [0.717, 1.165) is 19.6 Å². The van der Waals surface area contributed by atoms with Crippen molar-refractivity contribution in [1.29, 1.82) is 0 Å². The first kappa shape index (κ1) is 12.5. The van der Waals surface area contributed by atoms with Crippen molar-refractivity contribution in [2.45, 2.75) is 12.3 Å². The Labute approximate surface area is 112 Å². The van der Waals surface area contributed by atoms with Gasteiger partial charge in [-0.05, 0) is 41.9 Å². The summed E-state index contributed by atoms with van der Waals surface area (Å²) in [4.78, 5) is 11.8. The first-order chi connectivity index (χ1) is 9.24. The minimum Gasteiger partial charge on any atom is -0.496 e. The molecule has 1 aliphatic heterocycles. The summed E-state index contributed by atoms with van der Waals surface area (Å²) >= 11 is 0. The van der Waals surface area contributed by atoms with Crippen molar-refractivity contribution in [3.05, 3.63) is 29.3 Å². The SMILES string of the molecule is COC(=O)c1cc(C2CC3COCC32)ccc1OC. The largest absolute Gasteiger partial charge is 0.496 e. The molecule has 0 bridgehead atoms. The van der Waals surface area contributed by atoms with Crippen molar-refractivity contribution >= 4 is 5.97 Å². The van der Waals surface area contributed by atoms with Crippen LogP contribution in [0.3, 0.4) is 0 Å². The minimum atomic E-state index is -0.350. The number of carbonyl (C=O) groups excluding carboxylic acids is 1. The lowest BCUT2D eigenvalue weighted by molar-refractivity contribution is 0.0596. The number of ether oxygens (including phenoxy) is 3. The van der Waals surface area contributed by atoms with Gasteiger partial charge in [0.1, 0.15) is 11.3 Å². The highest BCUT2D eigenvalue weighted by Gasteiger charge is 2.45. The van der Waals surface area contributed by atoms with Gasteiger partial charge in [0.05, 0.1) is 20.8 Å². The number of hydrogen-bond acceptors (Lipinski definition) is 4. The Morgan fingerprint density at radius 2 is 2.16 bits per heavy atom. The van der Waals surface area contributed by atoms with Crippen molar-refractivity contribution in [1.82, 2.24) is 0 Å². The Kier molecular flexibility index (Phi) is 3.19. The Bertz CT molecular complexity index is 497. The fraction of sp³-hybridized carbons (Fsp3) is 0.533. The molecule has 0 N–H and O–H groups in total. The summed E-state index contributed by atoms with van der Waals surface area (Å²) in [5.74, 6) is 2.03. The molecule has 0 radical (unpaired) electrons. The van der Waals surface area contributed by atoms with Crippen molar-refractivity contribution < 1.29 is 19.0 Å². The van der Waals surface area contributed by atoms with Gasteiger partial charge in [0.15, 0.2) is 0 Å². The van der Waals surface area contributed by atoms with Crippen LogP contribution in [0.5, 0.6) is 5.75 Å². The van der Waals surface area contributed by atoms with Gasteiger partial charge in [-0.25, -0.2) is 4.79 Å². The van der Waals surface area contributed by atoms with Crippen LogP contribution in [0, 0.1) is 11.8 Å². The van der Waals surface area contributed by atoms with Crippen LogP contribution in [-0.4, -0.2) is 33.4 Å². The van der Waals surface area contributed by atoms with Crippen LogP contribution in [0.4, 0.5) is 0 Å². The van der Waals surface area contributed by atoms with Gasteiger partial charge in [0, 0.05) is 6.61 Å². The molecule has 0 aromatic heterocycles. The molecule has 2 fully saturated rings. The molecule has 1 aromatic rings. The second kappa shape index (κ2) is 4.85. The van der Waals surface area contributed by atoms with Gasteiger partial charge < -0.3 is 14.2 Å². The minimum absolute atomic E-state index is 0.350. The van der Waals surface area contributed by atoms with Crippen LogP contribution < -0.4 is 4.74 Å². The maximum atomic E-state index is 11.8. The Morgan fingerprint density at radius 1 is 1.32 bits per heavy atom. The number of hydrogen-bond donors (Lipinski definition) is 0. The number of rotatable bonds is 3. The van der Waals surface area contributed by atoms with Gasteiger partial charge in [-0.2, -0.15) is 0 Å². The standard InChI is InChI=1S/C15H18O4/c1-17-14-4-3-9(5-12(14)15(16)18-2)11-6-10-7-19-8-13(10)11/h3-5,10-11,13H,6-8H2,1-2H3. The van der Waals surface area contributed by atoms with E-state index in [9.17, 15) is 4.79 Å². The summed E-state index contributed by atoms with van der Waals surface area (Å²) in [5, 5.41) is 0. The lowest BCUT2D eigenvalue weighted by Crippen LogP contribution is -2.33. The lowest BCUT2D eigenvalue weighted by atomic mass is 9.64. The lowest BCUT2D eigenvalue weighted by Gasteiger charge is -2.39. The molecule has 4 nitrogen and oxygen atoms in total. The van der Waals surface area contributed by atoms with Gasteiger partial charge >= 0.3 is 5.97 Å². The number of esters is 1. The van der Waals surface area contributed by atoms with E-state index in [1.807, 2.05) is 18.2 Å². The van der Waals surface area contributed by atoms with Gasteiger partial charge in [-0.15, -0.1) is 0 Å². The van der Waals surface area contributed by atoms with E-state index in [1.54, 1.807) is 7.11 Å². The summed E-state index contributed by atoms with van der Waals surface area (Å²) in [6, 6.07) is 5.80. The normalized spacial score (nSPS) is 28.4. The molecule has 3 unspecified atom stereocenters. The summed E-state index contributed by atoms with van der Waals surface area (Å²) in [7, 11) is 2.95. The van der Waals surface area contributed by atoms with Crippen LogP contribution >= 0.6 is 0 Å². The molecule has 102 valence electrons. The number of carbonyl (C=O) groups is 1. The smallest absolute Gasteiger partial charge is 0.341 e. The summed E-state index contributed by atoms with van der Waals surface area (Å²) in [5.41, 5.74) is 1.69. The highest BCUT2D eigenvalue weighted by molar-refractivity contribution is 5.92. The summed E-state index contributed by atoms with van der Waals surface area (Å²) < 4.78 is 15.5. The van der Waals surface area contributed by atoms with Crippen molar-refractivity contribution in [2.75, 3.05) is 27.4 Å². The number of fused-ring (bicyclic) bond motifs is 1. The fourth-order valence-corrected chi connectivity index (χ4v) is 3.22. The number of methoxy groups -OCH3 is 2. The number of benzene rings is 1. The average Bonchev–Trinajstić information content (AvgIpc) is 2.79. The third-order valence-corrected chi connectivity index (χ3v) is 4.38. The molecule has 1 heterocycles. The topological polar surface area (TPSA) is 44.8 Å². The molecule has 1 saturated carbocycles. The van der Waals surface area contributed by atoms with Gasteiger partial charge in [0.25, 0.3) is 0 Å². The quantitative estimate of drug-likeness (QED) is 0.784. The highest BCUT2D eigenvalue weighted by Crippen LogP contribution is 2.50. The monoisotopic (exact) mass is 262 g/mol. The third kappa shape index (κ3) is 2.00. The van der Waals surface area contributed by atoms with E-state index >= 15 is 0 Å². The van der Waals surface area contributed by atoms with Crippen LogP contribution in [0.1, 0.15) is 28.3 Å². The average molecular weight is 262 g/mol. The van der Waals surface area contributed by atoms with Gasteiger partial charge in [-0.3, -0.25) is 0 Å². The van der Waals surface area contributed by atoms with Crippen LogP contribution in [-0.2, 0) is 9.47 Å². The molecular formula is C15H18O4. The van der Waals surface area contributed by atoms with Crippen molar-refractivity contribution in [2.24, 2.45) is 11.8 Å². The van der Waals surface area contributed by atoms with Gasteiger partial charge in [0.2, 0.25) is 0 Å². The molecule has 1 aromatic carbocycles. The van der Waals surface area contributed by atoms with E-state index in [2.05, 4.69) is 0 Å². The van der Waals surface area contributed by atoms with Crippen LogP contribution in [0.2, 0.25) is 0 Å². The molecule has 3 rings (SSSR count). The Hall–Kier alpha value is -1.55. The third-order valence-electron chi connectivity index (χ3n) is 4.38. The van der Waals surface area contributed by atoms with E-state index in [0.29, 0.717) is 29.1 Å². The molecule has 3 atom stereocenters. The Balaban J connectivity index is 1.88. The van der Waals surface area contributed by atoms with Crippen molar-refractivity contribution in [3.8, 4) is 5.75 Å². The second-order valence-corrected chi connectivity index (χ2v) is 5.25. The van der Waals surface area contributed by atoms with Crippen molar-refractivity contribution in [3.63, 3.8) is 0 Å². The molecule has 2 aliphatic rings. The van der Waals surface area contributed by atoms with E-state index in [4.69, 9.17) is 14.2 Å². The summed E-state index contributed by atoms with van der Waals surface area (Å²) in [6.45, 7) is 1.73. The molecule has 19 heavy (non-hydrogen) atoms. The predicted molar refractivity (Wildman–Crippen MR) is 69.5 cm³/mol. The zero-order chi connectivity index (χ0) is 13.4. The highest BCUT2D eigenvalue weighted by atomic mass is 16.5. The molecule has 0 amide bonds. The molecule has 4 heteroatoms. The summed E-state index contributed by atoms with van der Waals surface area (Å²) in [6.07, 6.45) is 1.15. The fourth-order valence-electron chi connectivity index (χ4n) is 3.22. The molecule has 1 saturated heterocycles. The van der Waals surface area contributed by atoms with E-state index < -0.39 is 0 Å². The zero-order valence-corrected chi connectivity index (χ0v) is 11.2. The van der Waals surface area contributed by atoms with E-state index in [-0.39, 0.29) is 5.97 Å². The Morgan fingerprint density at radius 3 is 2.84 bits per heavy atom. The zero-order valence-electron chi connectivity index (χ0n) is 11.2. The maximum absolute atomic E-state index is 11.8. The predicted octanol–water partition coefficient (Wildman–Crippen LogP) is 2.23.